The maximum Gasteiger partial charge on any atom is 0.220 e. The molecule has 0 aliphatic rings. The summed E-state index contributed by atoms with van der Waals surface area (Å²) < 4.78 is 0. The molecule has 0 fully saturated rings. The highest BCUT2D eigenvalue weighted by Crippen LogP contribution is 2.32. The standard InChI is InChI=1S/C15H24N2O.ClH/c1-15(2,3)14(12-8-5-4-6-9-12)17-13(18)10-7-11-16;/h4-6,8-9,14H,7,10-11,16H2,1-3H3,(H,17,18);1H. The molecule has 0 saturated heterocycles. The molecule has 3 nitrogen and oxygen atoms in total. The minimum absolute atomic E-state index is 0. The SMILES string of the molecule is CC(C)(C)C(NC(=O)CCCN)c1ccccc1.Cl. The first-order valence-electron chi connectivity index (χ1n) is 6.49. The fourth-order valence-electron chi connectivity index (χ4n) is 1.94. The Morgan fingerprint density at radius 2 is 1.84 bits per heavy atom. The lowest BCUT2D eigenvalue weighted by Crippen LogP contribution is -2.36. The van der Waals surface area contributed by atoms with Crippen molar-refractivity contribution < 1.29 is 4.79 Å². The molecule has 1 amide bonds. The van der Waals surface area contributed by atoms with Gasteiger partial charge in [-0.3, -0.25) is 4.79 Å². The molecule has 0 heterocycles. The second kappa shape index (κ2) is 8.18. The summed E-state index contributed by atoms with van der Waals surface area (Å²) in [6, 6.07) is 10.1. The van der Waals surface area contributed by atoms with Crippen LogP contribution in [-0.2, 0) is 4.79 Å². The third kappa shape index (κ3) is 6.08. The van der Waals surface area contributed by atoms with Crippen LogP contribution in [0.5, 0.6) is 0 Å². The smallest absolute Gasteiger partial charge is 0.220 e. The van der Waals surface area contributed by atoms with E-state index in [9.17, 15) is 4.79 Å². The maximum absolute atomic E-state index is 11.9. The second-order valence-electron chi connectivity index (χ2n) is 5.67. The molecule has 4 heteroatoms. The van der Waals surface area contributed by atoms with Crippen molar-refractivity contribution in [3.8, 4) is 0 Å². The number of benzene rings is 1. The quantitative estimate of drug-likeness (QED) is 0.873. The summed E-state index contributed by atoms with van der Waals surface area (Å²) in [6.45, 7) is 6.95. The van der Waals surface area contributed by atoms with Crippen molar-refractivity contribution in [3.63, 3.8) is 0 Å². The van der Waals surface area contributed by atoms with Gasteiger partial charge in [-0.25, -0.2) is 0 Å². The number of carbonyl (C=O) groups is 1. The summed E-state index contributed by atoms with van der Waals surface area (Å²) in [5.41, 5.74) is 6.55. The number of nitrogens with one attached hydrogen (secondary N) is 1. The van der Waals surface area contributed by atoms with E-state index in [1.807, 2.05) is 18.2 Å². The molecule has 0 bridgehead atoms. The minimum Gasteiger partial charge on any atom is -0.349 e. The fourth-order valence-corrected chi connectivity index (χ4v) is 1.94. The van der Waals surface area contributed by atoms with Crippen molar-refractivity contribution in [1.29, 1.82) is 0 Å². The van der Waals surface area contributed by atoms with Gasteiger partial charge in [0.1, 0.15) is 0 Å². The van der Waals surface area contributed by atoms with Gasteiger partial charge < -0.3 is 11.1 Å². The number of rotatable bonds is 5. The van der Waals surface area contributed by atoms with Crippen LogP contribution in [0, 0.1) is 5.41 Å². The monoisotopic (exact) mass is 284 g/mol. The summed E-state index contributed by atoms with van der Waals surface area (Å²) in [5, 5.41) is 3.11. The predicted octanol–water partition coefficient (Wildman–Crippen LogP) is 3.05. The molecule has 0 saturated carbocycles. The Kier molecular flexibility index (Phi) is 7.72. The molecule has 1 aromatic carbocycles. The van der Waals surface area contributed by atoms with Crippen molar-refractivity contribution in [2.45, 2.75) is 39.7 Å². The molecule has 108 valence electrons. The van der Waals surface area contributed by atoms with E-state index in [0.717, 1.165) is 12.0 Å². The lowest BCUT2D eigenvalue weighted by atomic mass is 9.82. The largest absolute Gasteiger partial charge is 0.349 e. The van der Waals surface area contributed by atoms with Crippen molar-refractivity contribution >= 4 is 18.3 Å². The van der Waals surface area contributed by atoms with Gasteiger partial charge in [-0.2, -0.15) is 0 Å². The van der Waals surface area contributed by atoms with Gasteiger partial charge in [0.05, 0.1) is 6.04 Å². The van der Waals surface area contributed by atoms with Gasteiger partial charge in [0.2, 0.25) is 5.91 Å². The zero-order valence-corrected chi connectivity index (χ0v) is 12.8. The van der Waals surface area contributed by atoms with Crippen LogP contribution in [0.2, 0.25) is 0 Å². The van der Waals surface area contributed by atoms with Crippen molar-refractivity contribution in [1.82, 2.24) is 5.32 Å². The topological polar surface area (TPSA) is 55.1 Å². The molecule has 0 aromatic heterocycles. The number of hydrogen-bond donors (Lipinski definition) is 2. The first-order chi connectivity index (χ1) is 8.45. The van der Waals surface area contributed by atoms with E-state index in [1.54, 1.807) is 0 Å². The summed E-state index contributed by atoms with van der Waals surface area (Å²) in [5.74, 6) is 0.0734. The Bertz CT molecular complexity index is 373. The highest BCUT2D eigenvalue weighted by Gasteiger charge is 2.27. The van der Waals surface area contributed by atoms with Gasteiger partial charge >= 0.3 is 0 Å². The van der Waals surface area contributed by atoms with Crippen molar-refractivity contribution in [2.24, 2.45) is 11.1 Å². The highest BCUT2D eigenvalue weighted by molar-refractivity contribution is 5.85. The van der Waals surface area contributed by atoms with E-state index in [0.29, 0.717) is 13.0 Å². The molecule has 0 aliphatic carbocycles. The molecule has 0 spiro atoms. The summed E-state index contributed by atoms with van der Waals surface area (Å²) in [6.07, 6.45) is 1.23. The van der Waals surface area contributed by atoms with Gasteiger partial charge in [0.15, 0.2) is 0 Å². The first kappa shape index (κ1) is 17.9. The highest BCUT2D eigenvalue weighted by atomic mass is 35.5. The van der Waals surface area contributed by atoms with Crippen LogP contribution < -0.4 is 11.1 Å². The van der Waals surface area contributed by atoms with Gasteiger partial charge in [-0.1, -0.05) is 51.1 Å². The average Bonchev–Trinajstić information content (AvgIpc) is 2.33. The molecule has 1 unspecified atom stereocenters. The number of amides is 1. The van der Waals surface area contributed by atoms with E-state index < -0.39 is 0 Å². The Labute approximate surface area is 122 Å². The van der Waals surface area contributed by atoms with Gasteiger partial charge in [0, 0.05) is 6.42 Å². The number of halogens is 1. The fraction of sp³-hybridized carbons (Fsp3) is 0.533. The Balaban J connectivity index is 0.00000324. The molecule has 0 radical (unpaired) electrons. The molecule has 1 aromatic rings. The molecule has 19 heavy (non-hydrogen) atoms. The number of hydrogen-bond acceptors (Lipinski definition) is 2. The molecule has 1 atom stereocenters. The molecule has 3 N–H and O–H groups in total. The lowest BCUT2D eigenvalue weighted by Gasteiger charge is -2.32. The third-order valence-corrected chi connectivity index (χ3v) is 2.91. The van der Waals surface area contributed by atoms with Gasteiger partial charge in [-0.05, 0) is 23.9 Å². The summed E-state index contributed by atoms with van der Waals surface area (Å²) in [7, 11) is 0. The molecular weight excluding hydrogens is 260 g/mol. The second-order valence-corrected chi connectivity index (χ2v) is 5.67. The average molecular weight is 285 g/mol. The maximum atomic E-state index is 11.9. The first-order valence-corrected chi connectivity index (χ1v) is 6.49. The summed E-state index contributed by atoms with van der Waals surface area (Å²) >= 11 is 0. The van der Waals surface area contributed by atoms with E-state index >= 15 is 0 Å². The third-order valence-electron chi connectivity index (χ3n) is 2.91. The molecule has 0 aliphatic heterocycles. The van der Waals surface area contributed by atoms with Crippen LogP contribution >= 0.6 is 12.4 Å². The van der Waals surface area contributed by atoms with Crippen molar-refractivity contribution in [2.75, 3.05) is 6.54 Å². The van der Waals surface area contributed by atoms with Crippen LogP contribution in [0.15, 0.2) is 30.3 Å². The van der Waals surface area contributed by atoms with Crippen molar-refractivity contribution in [3.05, 3.63) is 35.9 Å². The Hall–Kier alpha value is -1.06. The van der Waals surface area contributed by atoms with Crippen LogP contribution in [0.1, 0.15) is 45.2 Å². The van der Waals surface area contributed by atoms with Crippen LogP contribution in [0.3, 0.4) is 0 Å². The predicted molar refractivity (Wildman–Crippen MR) is 82.3 cm³/mol. The van der Waals surface area contributed by atoms with E-state index in [2.05, 4.69) is 38.2 Å². The van der Waals surface area contributed by atoms with Crippen LogP contribution in [0.4, 0.5) is 0 Å². The number of nitrogens with two attached hydrogens (primary N) is 1. The van der Waals surface area contributed by atoms with Crippen LogP contribution in [0.25, 0.3) is 0 Å². The molecule has 1 rings (SSSR count). The van der Waals surface area contributed by atoms with E-state index in [-0.39, 0.29) is 29.8 Å². The number of carbonyl (C=O) groups excluding carboxylic acids is 1. The lowest BCUT2D eigenvalue weighted by molar-refractivity contribution is -0.122. The normalized spacial score (nSPS) is 12.4. The summed E-state index contributed by atoms with van der Waals surface area (Å²) in [4.78, 5) is 11.9. The Morgan fingerprint density at radius 1 is 1.26 bits per heavy atom. The van der Waals surface area contributed by atoms with E-state index in [1.165, 1.54) is 0 Å². The zero-order valence-electron chi connectivity index (χ0n) is 12.0. The van der Waals surface area contributed by atoms with Crippen LogP contribution in [-0.4, -0.2) is 12.5 Å². The molecular formula is C15H25ClN2O. The Morgan fingerprint density at radius 3 is 2.32 bits per heavy atom. The zero-order chi connectivity index (χ0) is 13.6. The van der Waals surface area contributed by atoms with Gasteiger partial charge in [-0.15, -0.1) is 12.4 Å². The van der Waals surface area contributed by atoms with E-state index in [4.69, 9.17) is 5.73 Å². The van der Waals surface area contributed by atoms with Gasteiger partial charge in [0.25, 0.3) is 0 Å². The minimum atomic E-state index is -0.0142.